The number of aryl methyl sites for hydroxylation is 1. The molecule has 1 saturated heterocycles. The van der Waals surface area contributed by atoms with Crippen LogP contribution < -0.4 is 15.2 Å². The van der Waals surface area contributed by atoms with E-state index in [4.69, 9.17) is 9.47 Å². The van der Waals surface area contributed by atoms with Crippen molar-refractivity contribution in [1.82, 2.24) is 9.78 Å². The first-order chi connectivity index (χ1) is 16.2. The first kappa shape index (κ1) is 21.0. The number of anilines is 1. The molecule has 0 saturated carbocycles. The summed E-state index contributed by atoms with van der Waals surface area (Å²) in [6, 6.07) is 25.6. The number of morpholine rings is 1. The molecule has 0 N–H and O–H groups in total. The Bertz CT molecular complexity index is 1280. The zero-order valence-corrected chi connectivity index (χ0v) is 18.5. The van der Waals surface area contributed by atoms with E-state index in [1.165, 1.54) is 4.68 Å². The number of hydrogen-bond acceptors (Lipinski definition) is 5. The van der Waals surface area contributed by atoms with Crippen molar-refractivity contribution in [2.45, 2.75) is 6.92 Å². The van der Waals surface area contributed by atoms with Crippen molar-refractivity contribution in [2.24, 2.45) is 0 Å². The predicted octanol–water partition coefficient (Wildman–Crippen LogP) is 4.84. The maximum Gasteiger partial charge on any atom is 0.316 e. The lowest BCUT2D eigenvalue weighted by atomic mass is 10.1. The van der Waals surface area contributed by atoms with Crippen LogP contribution in [0.3, 0.4) is 0 Å². The van der Waals surface area contributed by atoms with E-state index in [1.807, 2.05) is 73.7 Å². The van der Waals surface area contributed by atoms with Crippen molar-refractivity contribution in [3.05, 3.63) is 101 Å². The van der Waals surface area contributed by atoms with Gasteiger partial charge >= 0.3 is 5.56 Å². The minimum absolute atomic E-state index is 0.264. The molecule has 1 aromatic heterocycles. The summed E-state index contributed by atoms with van der Waals surface area (Å²) in [4.78, 5) is 15.6. The third-order valence-electron chi connectivity index (χ3n) is 5.73. The van der Waals surface area contributed by atoms with Crippen molar-refractivity contribution < 1.29 is 9.47 Å². The van der Waals surface area contributed by atoms with E-state index < -0.39 is 0 Å². The number of benzene rings is 3. The lowest BCUT2D eigenvalue weighted by Gasteiger charge is -2.29. The second kappa shape index (κ2) is 9.30. The van der Waals surface area contributed by atoms with E-state index in [0.717, 1.165) is 16.7 Å². The molecule has 33 heavy (non-hydrogen) atoms. The standard InChI is InChI=1S/C27H25N3O3/c1-20-7-11-23(12-8-20)30-27(31)26(25(19-28-30)29-15-17-32-18-16-29)33-24-13-9-22(10-14-24)21-5-3-2-4-6-21/h2-14,19H,15-18H2,1H3. The molecule has 0 bridgehead atoms. The number of rotatable bonds is 5. The fourth-order valence-corrected chi connectivity index (χ4v) is 3.89. The molecule has 6 heteroatoms. The lowest BCUT2D eigenvalue weighted by molar-refractivity contribution is 0.122. The molecular weight excluding hydrogens is 414 g/mol. The minimum Gasteiger partial charge on any atom is -0.449 e. The van der Waals surface area contributed by atoms with Crippen LogP contribution in [0.1, 0.15) is 5.56 Å². The second-order valence-corrected chi connectivity index (χ2v) is 8.00. The number of aromatic nitrogens is 2. The Balaban J connectivity index is 1.53. The fourth-order valence-electron chi connectivity index (χ4n) is 3.89. The van der Waals surface area contributed by atoms with Gasteiger partial charge in [-0.05, 0) is 42.3 Å². The van der Waals surface area contributed by atoms with E-state index in [0.29, 0.717) is 43.4 Å². The first-order valence-corrected chi connectivity index (χ1v) is 11.0. The van der Waals surface area contributed by atoms with E-state index in [1.54, 1.807) is 6.20 Å². The summed E-state index contributed by atoms with van der Waals surface area (Å²) >= 11 is 0. The molecule has 4 aromatic rings. The monoisotopic (exact) mass is 439 g/mol. The second-order valence-electron chi connectivity index (χ2n) is 8.00. The lowest BCUT2D eigenvalue weighted by Crippen LogP contribution is -2.38. The van der Waals surface area contributed by atoms with Gasteiger partial charge in [-0.15, -0.1) is 0 Å². The van der Waals surface area contributed by atoms with Crippen LogP contribution in [-0.2, 0) is 4.74 Å². The molecule has 1 aliphatic heterocycles. The van der Waals surface area contributed by atoms with Gasteiger partial charge in [0.15, 0.2) is 0 Å². The van der Waals surface area contributed by atoms with Crippen LogP contribution in [0.4, 0.5) is 5.69 Å². The van der Waals surface area contributed by atoms with Crippen LogP contribution in [0.2, 0.25) is 0 Å². The third-order valence-corrected chi connectivity index (χ3v) is 5.73. The Morgan fingerprint density at radius 1 is 0.848 bits per heavy atom. The summed E-state index contributed by atoms with van der Waals surface area (Å²) in [7, 11) is 0. The summed E-state index contributed by atoms with van der Waals surface area (Å²) < 4.78 is 13.1. The van der Waals surface area contributed by atoms with Gasteiger partial charge in [0, 0.05) is 13.1 Å². The van der Waals surface area contributed by atoms with Gasteiger partial charge in [-0.2, -0.15) is 9.78 Å². The van der Waals surface area contributed by atoms with E-state index in [-0.39, 0.29) is 11.3 Å². The van der Waals surface area contributed by atoms with Crippen molar-refractivity contribution in [3.8, 4) is 28.3 Å². The van der Waals surface area contributed by atoms with Gasteiger partial charge < -0.3 is 14.4 Å². The van der Waals surface area contributed by atoms with Crippen molar-refractivity contribution in [2.75, 3.05) is 31.2 Å². The molecule has 0 atom stereocenters. The highest BCUT2D eigenvalue weighted by Gasteiger charge is 2.22. The van der Waals surface area contributed by atoms with E-state index in [2.05, 4.69) is 22.1 Å². The molecule has 0 unspecified atom stereocenters. The molecule has 6 nitrogen and oxygen atoms in total. The van der Waals surface area contributed by atoms with Crippen LogP contribution >= 0.6 is 0 Å². The van der Waals surface area contributed by atoms with Gasteiger partial charge in [0.05, 0.1) is 25.1 Å². The molecule has 5 rings (SSSR count). The molecule has 0 aliphatic carbocycles. The van der Waals surface area contributed by atoms with Crippen LogP contribution in [0, 0.1) is 6.92 Å². The Morgan fingerprint density at radius 3 is 2.21 bits per heavy atom. The van der Waals surface area contributed by atoms with Crippen molar-refractivity contribution >= 4 is 5.69 Å². The van der Waals surface area contributed by atoms with Crippen molar-refractivity contribution in [1.29, 1.82) is 0 Å². The molecule has 3 aromatic carbocycles. The summed E-state index contributed by atoms with van der Waals surface area (Å²) in [5.41, 5.74) is 4.41. The highest BCUT2D eigenvalue weighted by molar-refractivity contribution is 5.64. The van der Waals surface area contributed by atoms with Crippen LogP contribution in [0.15, 0.2) is 89.9 Å². The number of nitrogens with zero attached hydrogens (tertiary/aromatic N) is 3. The summed E-state index contributed by atoms with van der Waals surface area (Å²) in [5.74, 6) is 0.864. The summed E-state index contributed by atoms with van der Waals surface area (Å²) in [6.07, 6.45) is 1.71. The minimum atomic E-state index is -0.296. The third kappa shape index (κ3) is 4.52. The normalized spacial score (nSPS) is 13.7. The molecule has 0 spiro atoms. The Hall–Kier alpha value is -3.90. The maximum absolute atomic E-state index is 13.5. The Labute approximate surface area is 192 Å². The highest BCUT2D eigenvalue weighted by atomic mass is 16.5. The molecular formula is C27H25N3O3. The molecule has 2 heterocycles. The van der Waals surface area contributed by atoms with Gasteiger partial charge in [-0.1, -0.05) is 60.2 Å². The molecule has 1 aliphatic rings. The van der Waals surface area contributed by atoms with Crippen LogP contribution in [0.25, 0.3) is 16.8 Å². The highest BCUT2D eigenvalue weighted by Crippen LogP contribution is 2.31. The van der Waals surface area contributed by atoms with Crippen LogP contribution in [-0.4, -0.2) is 36.1 Å². The fraction of sp³-hybridized carbons (Fsp3) is 0.185. The number of ether oxygens (including phenoxy) is 2. The average Bonchev–Trinajstić information content (AvgIpc) is 2.87. The molecule has 166 valence electrons. The molecule has 0 radical (unpaired) electrons. The van der Waals surface area contributed by atoms with Gasteiger partial charge in [0.2, 0.25) is 5.75 Å². The molecule has 0 amide bonds. The average molecular weight is 440 g/mol. The molecule has 1 fully saturated rings. The van der Waals surface area contributed by atoms with E-state index in [9.17, 15) is 4.79 Å². The zero-order chi connectivity index (χ0) is 22.6. The smallest absolute Gasteiger partial charge is 0.316 e. The predicted molar refractivity (Wildman–Crippen MR) is 130 cm³/mol. The van der Waals surface area contributed by atoms with Gasteiger partial charge in [0.25, 0.3) is 0 Å². The Kier molecular flexibility index (Phi) is 5.91. The quantitative estimate of drug-likeness (QED) is 0.446. The zero-order valence-electron chi connectivity index (χ0n) is 18.5. The van der Waals surface area contributed by atoms with Gasteiger partial charge in [-0.25, -0.2) is 0 Å². The Morgan fingerprint density at radius 2 is 1.52 bits per heavy atom. The largest absolute Gasteiger partial charge is 0.449 e. The van der Waals surface area contributed by atoms with Gasteiger partial charge in [0.1, 0.15) is 11.4 Å². The number of hydrogen-bond donors (Lipinski definition) is 0. The van der Waals surface area contributed by atoms with Crippen molar-refractivity contribution in [3.63, 3.8) is 0 Å². The first-order valence-electron chi connectivity index (χ1n) is 11.0. The van der Waals surface area contributed by atoms with Gasteiger partial charge in [-0.3, -0.25) is 4.79 Å². The topological polar surface area (TPSA) is 56.6 Å². The van der Waals surface area contributed by atoms with E-state index >= 15 is 0 Å². The van der Waals surface area contributed by atoms with Crippen LogP contribution in [0.5, 0.6) is 11.5 Å². The summed E-state index contributed by atoms with van der Waals surface area (Å²) in [6.45, 7) is 4.58. The SMILES string of the molecule is Cc1ccc(-n2ncc(N3CCOCC3)c(Oc3ccc(-c4ccccc4)cc3)c2=O)cc1. The summed E-state index contributed by atoms with van der Waals surface area (Å²) in [5, 5.41) is 4.45. The maximum atomic E-state index is 13.5.